The summed E-state index contributed by atoms with van der Waals surface area (Å²) in [5.74, 6) is 0.465. The molecule has 1 atom stereocenters. The first-order valence-electron chi connectivity index (χ1n) is 11.8. The van der Waals surface area contributed by atoms with Crippen LogP contribution in [0.1, 0.15) is 64.5 Å². The van der Waals surface area contributed by atoms with Crippen LogP contribution in [0.15, 0.2) is 53.1 Å². The predicted molar refractivity (Wildman–Crippen MR) is 126 cm³/mol. The van der Waals surface area contributed by atoms with Crippen LogP contribution in [0.3, 0.4) is 0 Å². The summed E-state index contributed by atoms with van der Waals surface area (Å²) in [5, 5.41) is 7.16. The molecule has 2 aromatic carbocycles. The highest BCUT2D eigenvalue weighted by molar-refractivity contribution is 5.93. The highest BCUT2D eigenvalue weighted by Gasteiger charge is 2.25. The van der Waals surface area contributed by atoms with E-state index in [1.165, 1.54) is 47.9 Å². The first-order valence-corrected chi connectivity index (χ1v) is 11.8. The van der Waals surface area contributed by atoms with Crippen molar-refractivity contribution in [1.29, 1.82) is 0 Å². The number of carbonyl (C=O) groups is 1. The fraction of sp³-hybridized carbons (Fsp3) is 0.407. The van der Waals surface area contributed by atoms with Crippen LogP contribution in [-0.4, -0.2) is 35.6 Å². The molecule has 1 saturated heterocycles. The third kappa shape index (κ3) is 4.49. The van der Waals surface area contributed by atoms with E-state index in [-0.39, 0.29) is 11.9 Å². The summed E-state index contributed by atoms with van der Waals surface area (Å²) in [5.41, 5.74) is 6.64. The van der Waals surface area contributed by atoms with Crippen molar-refractivity contribution < 1.29 is 9.32 Å². The summed E-state index contributed by atoms with van der Waals surface area (Å²) in [4.78, 5) is 15.3. The van der Waals surface area contributed by atoms with E-state index in [4.69, 9.17) is 4.52 Å². The quantitative estimate of drug-likeness (QED) is 0.593. The van der Waals surface area contributed by atoms with Gasteiger partial charge in [0, 0.05) is 18.2 Å². The minimum absolute atomic E-state index is 0.175. The maximum Gasteiger partial charge on any atom is 0.273 e. The second kappa shape index (κ2) is 9.29. The molecule has 0 radical (unpaired) electrons. The summed E-state index contributed by atoms with van der Waals surface area (Å²) >= 11 is 0. The molecule has 1 N–H and O–H groups in total. The van der Waals surface area contributed by atoms with E-state index in [9.17, 15) is 4.79 Å². The highest BCUT2D eigenvalue weighted by atomic mass is 16.5. The van der Waals surface area contributed by atoms with Gasteiger partial charge in [-0.25, -0.2) is 0 Å². The molecule has 166 valence electrons. The third-order valence-corrected chi connectivity index (χ3v) is 6.88. The van der Waals surface area contributed by atoms with Gasteiger partial charge in [-0.15, -0.1) is 0 Å². The molecular formula is C27H31N3O2. The van der Waals surface area contributed by atoms with Gasteiger partial charge < -0.3 is 9.84 Å². The molecule has 32 heavy (non-hydrogen) atoms. The van der Waals surface area contributed by atoms with Crippen molar-refractivity contribution in [1.82, 2.24) is 15.4 Å². The lowest BCUT2D eigenvalue weighted by Gasteiger charge is -2.28. The average Bonchev–Trinajstić information content (AvgIpc) is 3.53. The zero-order valence-corrected chi connectivity index (χ0v) is 18.8. The topological polar surface area (TPSA) is 58.4 Å². The van der Waals surface area contributed by atoms with Gasteiger partial charge >= 0.3 is 0 Å². The van der Waals surface area contributed by atoms with Crippen LogP contribution in [-0.2, 0) is 12.8 Å². The predicted octanol–water partition coefficient (Wildman–Crippen LogP) is 5.10. The molecule has 5 nitrogen and oxygen atoms in total. The number of aryl methyl sites for hydroxylation is 3. The van der Waals surface area contributed by atoms with Crippen molar-refractivity contribution in [3.05, 3.63) is 76.5 Å². The molecular weight excluding hydrogens is 398 g/mol. The molecule has 0 unspecified atom stereocenters. The van der Waals surface area contributed by atoms with Crippen LogP contribution in [0.25, 0.3) is 11.3 Å². The Morgan fingerprint density at radius 2 is 1.75 bits per heavy atom. The molecule has 1 amide bonds. The molecule has 0 spiro atoms. The smallest absolute Gasteiger partial charge is 0.273 e. The minimum Gasteiger partial charge on any atom is -0.355 e. The zero-order valence-electron chi connectivity index (χ0n) is 18.8. The van der Waals surface area contributed by atoms with E-state index in [2.05, 4.69) is 64.8 Å². The van der Waals surface area contributed by atoms with E-state index in [0.717, 1.165) is 31.5 Å². The Labute approximate surface area is 189 Å². The highest BCUT2D eigenvalue weighted by Crippen LogP contribution is 2.28. The number of nitrogens with zero attached hydrogens (tertiary/aromatic N) is 2. The third-order valence-electron chi connectivity index (χ3n) is 6.88. The summed E-state index contributed by atoms with van der Waals surface area (Å²) in [6.07, 6.45) is 7.19. The number of amides is 1. The van der Waals surface area contributed by atoms with Crippen molar-refractivity contribution in [2.24, 2.45) is 0 Å². The number of likely N-dealkylation sites (tertiary alicyclic amines) is 1. The van der Waals surface area contributed by atoms with Crippen molar-refractivity contribution in [3.63, 3.8) is 0 Å². The van der Waals surface area contributed by atoms with E-state index in [0.29, 0.717) is 18.0 Å². The molecule has 0 bridgehead atoms. The van der Waals surface area contributed by atoms with Gasteiger partial charge in [0.15, 0.2) is 11.5 Å². The normalized spacial score (nSPS) is 17.2. The lowest BCUT2D eigenvalue weighted by atomic mass is 9.90. The number of carbonyl (C=O) groups excluding carboxylic acids is 1. The number of nitrogens with one attached hydrogen (secondary N) is 1. The SMILES string of the molecule is Cc1ccc([C@@H](CNC(=O)c2cc(-c3ccc4c(c3)CCCC4)on2)N2CCCC2)cc1. The maximum atomic E-state index is 12.9. The van der Waals surface area contributed by atoms with Crippen LogP contribution < -0.4 is 5.32 Å². The molecule has 3 aromatic rings. The first kappa shape index (κ1) is 21.0. The zero-order chi connectivity index (χ0) is 21.9. The molecule has 1 aliphatic heterocycles. The Kier molecular flexibility index (Phi) is 6.08. The Morgan fingerprint density at radius 3 is 2.53 bits per heavy atom. The summed E-state index contributed by atoms with van der Waals surface area (Å²) in [6, 6.07) is 17.0. The van der Waals surface area contributed by atoms with Crippen LogP contribution in [0.2, 0.25) is 0 Å². The van der Waals surface area contributed by atoms with Gasteiger partial charge in [0.05, 0.1) is 6.04 Å². The van der Waals surface area contributed by atoms with Crippen molar-refractivity contribution in [2.45, 2.75) is 51.5 Å². The number of rotatable bonds is 6. The second-order valence-electron chi connectivity index (χ2n) is 9.15. The fourth-order valence-corrected chi connectivity index (χ4v) is 4.98. The van der Waals surface area contributed by atoms with Gasteiger partial charge in [0.2, 0.25) is 0 Å². The molecule has 5 heteroatoms. The molecule has 2 heterocycles. The molecule has 1 aliphatic carbocycles. The average molecular weight is 430 g/mol. The van der Waals surface area contributed by atoms with E-state index >= 15 is 0 Å². The second-order valence-corrected chi connectivity index (χ2v) is 9.15. The summed E-state index contributed by atoms with van der Waals surface area (Å²) < 4.78 is 5.55. The monoisotopic (exact) mass is 429 g/mol. The van der Waals surface area contributed by atoms with Crippen molar-refractivity contribution in [2.75, 3.05) is 19.6 Å². The number of aromatic nitrogens is 1. The number of benzene rings is 2. The van der Waals surface area contributed by atoms with Gasteiger partial charge in [0.25, 0.3) is 5.91 Å². The van der Waals surface area contributed by atoms with Gasteiger partial charge in [-0.3, -0.25) is 9.69 Å². The van der Waals surface area contributed by atoms with Gasteiger partial charge in [-0.05, 0) is 81.3 Å². The largest absolute Gasteiger partial charge is 0.355 e. The maximum absolute atomic E-state index is 12.9. The van der Waals surface area contributed by atoms with E-state index in [1.807, 2.05) is 0 Å². The standard InChI is InChI=1S/C27H31N3O2/c1-19-8-10-21(11-9-19)25(30-14-4-5-15-30)18-28-27(31)24-17-26(32-29-24)23-13-12-20-6-2-3-7-22(20)16-23/h8-13,16-17,25H,2-7,14-15,18H2,1H3,(H,28,31)/t25-/m1/s1. The fourth-order valence-electron chi connectivity index (χ4n) is 4.98. The Hall–Kier alpha value is -2.92. The number of hydrogen-bond acceptors (Lipinski definition) is 4. The summed E-state index contributed by atoms with van der Waals surface area (Å²) in [6.45, 7) is 4.80. The molecule has 1 aromatic heterocycles. The molecule has 5 rings (SSSR count). The van der Waals surface area contributed by atoms with Crippen LogP contribution >= 0.6 is 0 Å². The van der Waals surface area contributed by atoms with Gasteiger partial charge in [-0.2, -0.15) is 0 Å². The van der Waals surface area contributed by atoms with Crippen LogP contribution in [0.4, 0.5) is 0 Å². The Bertz CT molecular complexity index is 1080. The summed E-state index contributed by atoms with van der Waals surface area (Å²) in [7, 11) is 0. The molecule has 0 saturated carbocycles. The Morgan fingerprint density at radius 1 is 1.00 bits per heavy atom. The van der Waals surface area contributed by atoms with Crippen LogP contribution in [0, 0.1) is 6.92 Å². The van der Waals surface area contributed by atoms with E-state index < -0.39 is 0 Å². The van der Waals surface area contributed by atoms with Crippen molar-refractivity contribution in [3.8, 4) is 11.3 Å². The lowest BCUT2D eigenvalue weighted by molar-refractivity contribution is 0.0929. The van der Waals surface area contributed by atoms with Gasteiger partial charge in [0.1, 0.15) is 0 Å². The van der Waals surface area contributed by atoms with Crippen LogP contribution in [0.5, 0.6) is 0 Å². The van der Waals surface area contributed by atoms with Gasteiger partial charge in [-0.1, -0.05) is 47.1 Å². The molecule has 2 aliphatic rings. The van der Waals surface area contributed by atoms with Crippen molar-refractivity contribution >= 4 is 5.91 Å². The number of fused-ring (bicyclic) bond motifs is 1. The Balaban J connectivity index is 1.28. The number of hydrogen-bond donors (Lipinski definition) is 1. The molecule has 1 fully saturated rings. The minimum atomic E-state index is -0.186. The van der Waals surface area contributed by atoms with E-state index in [1.54, 1.807) is 6.07 Å². The lowest BCUT2D eigenvalue weighted by Crippen LogP contribution is -2.36. The first-order chi connectivity index (χ1) is 15.7.